The summed E-state index contributed by atoms with van der Waals surface area (Å²) < 4.78 is 14.6. The van der Waals surface area contributed by atoms with E-state index in [1.54, 1.807) is 16.8 Å². The third-order valence-electron chi connectivity index (χ3n) is 3.87. The van der Waals surface area contributed by atoms with Gasteiger partial charge in [0.25, 0.3) is 0 Å². The van der Waals surface area contributed by atoms with Gasteiger partial charge in [-0.1, -0.05) is 12.1 Å². The molecule has 1 aromatic carbocycles. The molecule has 0 spiro atoms. The summed E-state index contributed by atoms with van der Waals surface area (Å²) in [6.07, 6.45) is 2.63. The van der Waals surface area contributed by atoms with Gasteiger partial charge in [-0.25, -0.2) is 4.39 Å². The summed E-state index contributed by atoms with van der Waals surface area (Å²) >= 11 is 0. The topological polar surface area (TPSA) is 59.0 Å². The monoisotopic (exact) mass is 338 g/mol. The molecule has 3 rings (SSSR count). The lowest BCUT2D eigenvalue weighted by molar-refractivity contribution is -0.122. The van der Waals surface area contributed by atoms with Crippen molar-refractivity contribution >= 4 is 18.3 Å². The molecule has 23 heavy (non-hydrogen) atoms. The molecule has 2 heterocycles. The number of fused-ring (bicyclic) bond motifs is 1. The van der Waals surface area contributed by atoms with Crippen LogP contribution < -0.4 is 10.6 Å². The van der Waals surface area contributed by atoms with E-state index in [1.807, 2.05) is 13.2 Å². The fourth-order valence-corrected chi connectivity index (χ4v) is 2.75. The van der Waals surface area contributed by atoms with Crippen LogP contribution in [0.4, 0.5) is 4.39 Å². The summed E-state index contributed by atoms with van der Waals surface area (Å²) in [5.41, 5.74) is 2.94. The van der Waals surface area contributed by atoms with E-state index in [9.17, 15) is 9.18 Å². The lowest BCUT2D eigenvalue weighted by atomic mass is 9.97. The van der Waals surface area contributed by atoms with Gasteiger partial charge in [-0.15, -0.1) is 12.4 Å². The smallest absolute Gasteiger partial charge is 0.230 e. The highest BCUT2D eigenvalue weighted by Crippen LogP contribution is 2.22. The maximum Gasteiger partial charge on any atom is 0.230 e. The van der Waals surface area contributed by atoms with Crippen molar-refractivity contribution in [2.24, 2.45) is 7.05 Å². The first kappa shape index (κ1) is 17.4. The molecule has 1 amide bonds. The predicted molar refractivity (Wildman–Crippen MR) is 88.0 cm³/mol. The molecule has 1 unspecified atom stereocenters. The molecule has 0 fully saturated rings. The maximum atomic E-state index is 12.8. The first-order valence-electron chi connectivity index (χ1n) is 7.39. The van der Waals surface area contributed by atoms with Crippen molar-refractivity contribution in [3.05, 3.63) is 53.1 Å². The summed E-state index contributed by atoms with van der Waals surface area (Å²) in [6.45, 7) is 1.89. The molecule has 0 aliphatic carbocycles. The number of amides is 1. The number of hydrogen-bond donors (Lipinski definition) is 2. The number of hydrogen-bond acceptors (Lipinski definition) is 3. The second-order valence-corrected chi connectivity index (χ2v) is 5.56. The Bertz CT molecular complexity index is 671. The summed E-state index contributed by atoms with van der Waals surface area (Å²) in [5.74, 6) is -0.517. The quantitative estimate of drug-likeness (QED) is 0.888. The predicted octanol–water partition coefficient (Wildman–Crippen LogP) is 1.53. The van der Waals surface area contributed by atoms with E-state index >= 15 is 0 Å². The second kappa shape index (κ2) is 7.57. The summed E-state index contributed by atoms with van der Waals surface area (Å²) in [5, 5.41) is 10.6. The first-order valence-corrected chi connectivity index (χ1v) is 7.39. The number of carbonyl (C=O) groups is 1. The fraction of sp³-hybridized carbons (Fsp3) is 0.375. The normalized spacial score (nSPS) is 16.3. The van der Waals surface area contributed by atoms with E-state index in [2.05, 4.69) is 15.7 Å². The minimum atomic E-state index is -0.252. The van der Waals surface area contributed by atoms with Gasteiger partial charge in [-0.3, -0.25) is 9.48 Å². The van der Waals surface area contributed by atoms with Crippen molar-refractivity contribution in [2.75, 3.05) is 13.1 Å². The number of halogens is 2. The molecule has 1 aliphatic heterocycles. The molecule has 0 saturated carbocycles. The number of benzene rings is 1. The van der Waals surface area contributed by atoms with Crippen molar-refractivity contribution < 1.29 is 9.18 Å². The van der Waals surface area contributed by atoms with Crippen LogP contribution in [0.15, 0.2) is 30.5 Å². The van der Waals surface area contributed by atoms with Crippen LogP contribution in [0.25, 0.3) is 0 Å². The molecule has 1 aromatic heterocycles. The third-order valence-corrected chi connectivity index (χ3v) is 3.87. The average Bonchev–Trinajstić information content (AvgIpc) is 2.89. The maximum absolute atomic E-state index is 12.8. The van der Waals surface area contributed by atoms with E-state index in [4.69, 9.17) is 0 Å². The molecule has 124 valence electrons. The zero-order valence-corrected chi connectivity index (χ0v) is 13.7. The van der Waals surface area contributed by atoms with E-state index in [0.29, 0.717) is 19.5 Å². The number of aryl methyl sites for hydroxylation is 1. The van der Waals surface area contributed by atoms with Gasteiger partial charge >= 0.3 is 0 Å². The van der Waals surface area contributed by atoms with Crippen molar-refractivity contribution in [2.45, 2.75) is 18.9 Å². The third kappa shape index (κ3) is 4.09. The van der Waals surface area contributed by atoms with Crippen LogP contribution in [0.3, 0.4) is 0 Å². The van der Waals surface area contributed by atoms with E-state index in [0.717, 1.165) is 23.4 Å². The minimum Gasteiger partial charge on any atom is -0.355 e. The molecule has 0 bridgehead atoms. The van der Waals surface area contributed by atoms with E-state index in [1.165, 1.54) is 12.1 Å². The zero-order valence-electron chi connectivity index (χ0n) is 12.9. The van der Waals surface area contributed by atoms with Gasteiger partial charge in [-0.05, 0) is 24.1 Å². The molecule has 2 N–H and O–H groups in total. The van der Waals surface area contributed by atoms with Crippen LogP contribution in [0, 0.1) is 5.82 Å². The Morgan fingerprint density at radius 3 is 2.91 bits per heavy atom. The Labute approximate surface area is 140 Å². The van der Waals surface area contributed by atoms with Crippen molar-refractivity contribution in [1.82, 2.24) is 20.4 Å². The number of nitrogens with one attached hydrogen (secondary N) is 2. The Balaban J connectivity index is 0.00000192. The summed E-state index contributed by atoms with van der Waals surface area (Å²) in [7, 11) is 1.86. The molecular formula is C16H20ClFN4O. The van der Waals surface area contributed by atoms with Gasteiger partial charge in [0, 0.05) is 38.4 Å². The molecule has 0 saturated heterocycles. The number of aromatic nitrogens is 2. The number of carbonyl (C=O) groups excluding carboxylic acids is 1. The van der Waals surface area contributed by atoms with E-state index in [-0.39, 0.29) is 30.0 Å². The summed E-state index contributed by atoms with van der Waals surface area (Å²) in [6, 6.07) is 6.34. The van der Waals surface area contributed by atoms with Gasteiger partial charge in [0.05, 0.1) is 11.6 Å². The molecule has 2 aromatic rings. The lowest BCUT2D eigenvalue weighted by Gasteiger charge is -2.21. The number of rotatable bonds is 4. The molecule has 0 radical (unpaired) electrons. The van der Waals surface area contributed by atoms with Gasteiger partial charge in [0.1, 0.15) is 5.82 Å². The molecule has 7 heteroatoms. The highest BCUT2D eigenvalue weighted by atomic mass is 35.5. The average molecular weight is 339 g/mol. The van der Waals surface area contributed by atoms with Crippen molar-refractivity contribution in [3.63, 3.8) is 0 Å². The van der Waals surface area contributed by atoms with Crippen LogP contribution in [-0.4, -0.2) is 28.8 Å². The summed E-state index contributed by atoms with van der Waals surface area (Å²) in [4.78, 5) is 12.4. The molecule has 1 aliphatic rings. The first-order chi connectivity index (χ1) is 10.6. The number of nitrogens with zero attached hydrogens (tertiary/aromatic N) is 2. The Hall–Kier alpha value is -1.92. The van der Waals surface area contributed by atoms with Crippen LogP contribution in [0.2, 0.25) is 0 Å². The lowest BCUT2D eigenvalue weighted by Crippen LogP contribution is -2.39. The minimum absolute atomic E-state index is 0. The van der Waals surface area contributed by atoms with Crippen LogP contribution >= 0.6 is 12.4 Å². The Morgan fingerprint density at radius 2 is 2.17 bits per heavy atom. The molecule has 1 atom stereocenters. The fourth-order valence-electron chi connectivity index (χ4n) is 2.75. The second-order valence-electron chi connectivity index (χ2n) is 5.56. The zero-order chi connectivity index (χ0) is 15.5. The van der Waals surface area contributed by atoms with Gasteiger partial charge < -0.3 is 10.6 Å². The highest BCUT2D eigenvalue weighted by Gasteiger charge is 2.28. The standard InChI is InChI=1S/C16H19FN4O.ClH/c1-21-10-12-8-18-9-14(15(12)20-21)16(22)19-7-6-11-2-4-13(17)5-3-11;/h2-5,10,14,18H,6-9H2,1H3,(H,19,22);1H. The Morgan fingerprint density at radius 1 is 1.43 bits per heavy atom. The molecular weight excluding hydrogens is 319 g/mol. The van der Waals surface area contributed by atoms with Crippen LogP contribution in [-0.2, 0) is 24.8 Å². The van der Waals surface area contributed by atoms with Gasteiger partial charge in [-0.2, -0.15) is 5.10 Å². The van der Waals surface area contributed by atoms with Gasteiger partial charge in [0.2, 0.25) is 5.91 Å². The SMILES string of the molecule is Cl.Cn1cc2c(n1)C(C(=O)NCCc1ccc(F)cc1)CNC2. The largest absolute Gasteiger partial charge is 0.355 e. The van der Waals surface area contributed by atoms with Crippen LogP contribution in [0.1, 0.15) is 22.7 Å². The highest BCUT2D eigenvalue weighted by molar-refractivity contribution is 5.85. The van der Waals surface area contributed by atoms with Crippen LogP contribution in [0.5, 0.6) is 0 Å². The van der Waals surface area contributed by atoms with Crippen molar-refractivity contribution in [3.8, 4) is 0 Å². The molecule has 5 nitrogen and oxygen atoms in total. The Kier molecular flexibility index (Phi) is 5.74. The van der Waals surface area contributed by atoms with Crippen molar-refractivity contribution in [1.29, 1.82) is 0 Å². The van der Waals surface area contributed by atoms with Gasteiger partial charge in [0.15, 0.2) is 0 Å². The van der Waals surface area contributed by atoms with E-state index < -0.39 is 0 Å².